The number of nitrogens with two attached hydrogens (primary N) is 1. The Bertz CT molecular complexity index is 437. The summed E-state index contributed by atoms with van der Waals surface area (Å²) >= 11 is 0. The summed E-state index contributed by atoms with van der Waals surface area (Å²) in [4.78, 5) is 12.1. The first-order valence-electron chi connectivity index (χ1n) is 7.10. The molecule has 0 aliphatic heterocycles. The number of rotatable bonds is 4. The molecule has 1 atom stereocenters. The van der Waals surface area contributed by atoms with Crippen LogP contribution in [0.2, 0.25) is 0 Å². The Morgan fingerprint density at radius 3 is 2.58 bits per heavy atom. The van der Waals surface area contributed by atoms with Gasteiger partial charge in [-0.05, 0) is 55.3 Å². The van der Waals surface area contributed by atoms with Crippen LogP contribution in [0.3, 0.4) is 0 Å². The van der Waals surface area contributed by atoms with Gasteiger partial charge in [0.25, 0.3) is 5.91 Å². The number of carbonyl (C=O) groups excluding carboxylic acids is 1. The molecule has 19 heavy (non-hydrogen) atoms. The predicted molar refractivity (Wildman–Crippen MR) is 78.1 cm³/mol. The lowest BCUT2D eigenvalue weighted by Crippen LogP contribution is -2.33. The Balaban J connectivity index is 1.93. The molecule has 1 saturated carbocycles. The number of hydrogen-bond donors (Lipinski definition) is 2. The number of amides is 1. The van der Waals surface area contributed by atoms with Crippen LogP contribution in [0.4, 0.5) is 0 Å². The first-order valence-corrected chi connectivity index (χ1v) is 7.10. The van der Waals surface area contributed by atoms with Crippen molar-refractivity contribution in [2.45, 2.75) is 45.6 Å². The molecule has 0 spiro atoms. The van der Waals surface area contributed by atoms with Crippen LogP contribution in [0.5, 0.6) is 0 Å². The minimum Gasteiger partial charge on any atom is -0.349 e. The highest BCUT2D eigenvalue weighted by Gasteiger charge is 2.31. The normalized spacial score (nSPS) is 21.3. The number of benzene rings is 1. The van der Waals surface area contributed by atoms with E-state index < -0.39 is 0 Å². The van der Waals surface area contributed by atoms with E-state index in [1.54, 1.807) is 0 Å². The van der Waals surface area contributed by atoms with E-state index in [-0.39, 0.29) is 5.91 Å². The van der Waals surface area contributed by atoms with Crippen molar-refractivity contribution < 1.29 is 4.79 Å². The van der Waals surface area contributed by atoms with E-state index in [1.165, 1.54) is 12.0 Å². The van der Waals surface area contributed by atoms with Gasteiger partial charge in [0.1, 0.15) is 0 Å². The summed E-state index contributed by atoms with van der Waals surface area (Å²) in [5.41, 5.74) is 7.80. The molecule has 1 amide bonds. The Morgan fingerprint density at radius 2 is 2.05 bits per heavy atom. The van der Waals surface area contributed by atoms with Gasteiger partial charge in [-0.2, -0.15) is 0 Å². The zero-order valence-electron chi connectivity index (χ0n) is 11.9. The SMILES string of the molecule is CC1(C)CCC(NC(=O)c2ccc(CCN)cc2)C1. The van der Waals surface area contributed by atoms with Crippen LogP contribution in [-0.4, -0.2) is 18.5 Å². The molecular formula is C16H24N2O. The minimum absolute atomic E-state index is 0.0435. The van der Waals surface area contributed by atoms with Gasteiger partial charge in [0.2, 0.25) is 0 Å². The van der Waals surface area contributed by atoms with Crippen LogP contribution in [0.25, 0.3) is 0 Å². The van der Waals surface area contributed by atoms with Crippen LogP contribution in [0.15, 0.2) is 24.3 Å². The van der Waals surface area contributed by atoms with Gasteiger partial charge in [-0.3, -0.25) is 4.79 Å². The Morgan fingerprint density at radius 1 is 1.37 bits per heavy atom. The molecule has 1 aromatic carbocycles. The van der Waals surface area contributed by atoms with Crippen molar-refractivity contribution >= 4 is 5.91 Å². The number of hydrogen-bond acceptors (Lipinski definition) is 2. The molecule has 0 bridgehead atoms. The molecule has 2 rings (SSSR count). The van der Waals surface area contributed by atoms with Crippen LogP contribution in [-0.2, 0) is 6.42 Å². The van der Waals surface area contributed by atoms with Gasteiger partial charge in [0.05, 0.1) is 0 Å². The zero-order chi connectivity index (χ0) is 13.9. The second kappa shape index (κ2) is 5.74. The standard InChI is InChI=1S/C16H24N2O/c1-16(2)9-7-14(11-16)18-15(19)13-5-3-12(4-6-13)8-10-17/h3-6,14H,7-11,17H2,1-2H3,(H,18,19). The largest absolute Gasteiger partial charge is 0.349 e. The summed E-state index contributed by atoms with van der Waals surface area (Å²) in [5, 5.41) is 3.14. The summed E-state index contributed by atoms with van der Waals surface area (Å²) in [6.07, 6.45) is 4.21. The van der Waals surface area contributed by atoms with Crippen LogP contribution < -0.4 is 11.1 Å². The quantitative estimate of drug-likeness (QED) is 0.874. The van der Waals surface area contributed by atoms with Crippen LogP contribution in [0.1, 0.15) is 49.0 Å². The van der Waals surface area contributed by atoms with Gasteiger partial charge in [0.15, 0.2) is 0 Å². The van der Waals surface area contributed by atoms with E-state index in [1.807, 2.05) is 24.3 Å². The first kappa shape index (κ1) is 14.1. The summed E-state index contributed by atoms with van der Waals surface area (Å²) in [6.45, 7) is 5.17. The molecule has 1 unspecified atom stereocenters. The first-order chi connectivity index (χ1) is 9.00. The minimum atomic E-state index is 0.0435. The summed E-state index contributed by atoms with van der Waals surface area (Å²) in [6, 6.07) is 8.08. The Kier molecular flexibility index (Phi) is 4.25. The van der Waals surface area contributed by atoms with E-state index >= 15 is 0 Å². The van der Waals surface area contributed by atoms with Crippen LogP contribution in [0, 0.1) is 5.41 Å². The molecule has 3 nitrogen and oxygen atoms in total. The third-order valence-corrected chi connectivity index (χ3v) is 3.95. The smallest absolute Gasteiger partial charge is 0.251 e. The van der Waals surface area contributed by atoms with Crippen molar-refractivity contribution in [2.75, 3.05) is 6.54 Å². The second-order valence-electron chi connectivity index (χ2n) is 6.31. The van der Waals surface area contributed by atoms with Gasteiger partial charge in [0, 0.05) is 11.6 Å². The van der Waals surface area contributed by atoms with E-state index in [4.69, 9.17) is 5.73 Å². The van der Waals surface area contributed by atoms with Crippen molar-refractivity contribution in [1.82, 2.24) is 5.32 Å². The number of carbonyl (C=O) groups is 1. The molecular weight excluding hydrogens is 236 g/mol. The third kappa shape index (κ3) is 3.80. The molecule has 104 valence electrons. The van der Waals surface area contributed by atoms with Crippen LogP contribution >= 0.6 is 0 Å². The maximum Gasteiger partial charge on any atom is 0.251 e. The van der Waals surface area contributed by atoms with Crippen molar-refractivity contribution in [2.24, 2.45) is 11.1 Å². The summed E-state index contributed by atoms with van der Waals surface area (Å²) in [7, 11) is 0. The molecule has 1 aromatic rings. The zero-order valence-corrected chi connectivity index (χ0v) is 11.9. The van der Waals surface area contributed by atoms with Crippen molar-refractivity contribution in [3.63, 3.8) is 0 Å². The molecule has 3 heteroatoms. The van der Waals surface area contributed by atoms with Crippen molar-refractivity contribution in [3.05, 3.63) is 35.4 Å². The predicted octanol–water partition coefficient (Wildman–Crippen LogP) is 2.50. The molecule has 0 heterocycles. The molecule has 1 aliphatic carbocycles. The molecule has 0 saturated heterocycles. The topological polar surface area (TPSA) is 55.1 Å². The molecule has 1 aliphatic rings. The molecule has 0 radical (unpaired) electrons. The fourth-order valence-electron chi connectivity index (χ4n) is 2.82. The number of nitrogens with one attached hydrogen (secondary N) is 1. The van der Waals surface area contributed by atoms with E-state index in [2.05, 4.69) is 19.2 Å². The summed E-state index contributed by atoms with van der Waals surface area (Å²) in [5.74, 6) is 0.0435. The van der Waals surface area contributed by atoms with E-state index in [0.29, 0.717) is 18.0 Å². The highest BCUT2D eigenvalue weighted by molar-refractivity contribution is 5.94. The lowest BCUT2D eigenvalue weighted by Gasteiger charge is -2.18. The van der Waals surface area contributed by atoms with E-state index in [9.17, 15) is 4.79 Å². The van der Waals surface area contributed by atoms with Gasteiger partial charge >= 0.3 is 0 Å². The summed E-state index contributed by atoms with van der Waals surface area (Å²) < 4.78 is 0. The average molecular weight is 260 g/mol. The van der Waals surface area contributed by atoms with Gasteiger partial charge < -0.3 is 11.1 Å². The van der Waals surface area contributed by atoms with Gasteiger partial charge in [-0.25, -0.2) is 0 Å². The molecule has 3 N–H and O–H groups in total. The lowest BCUT2D eigenvalue weighted by atomic mass is 9.92. The van der Waals surface area contributed by atoms with E-state index in [0.717, 1.165) is 24.8 Å². The fraction of sp³-hybridized carbons (Fsp3) is 0.562. The van der Waals surface area contributed by atoms with Crippen molar-refractivity contribution in [1.29, 1.82) is 0 Å². The molecule has 1 fully saturated rings. The maximum atomic E-state index is 12.1. The van der Waals surface area contributed by atoms with Crippen molar-refractivity contribution in [3.8, 4) is 0 Å². The average Bonchev–Trinajstić information content (AvgIpc) is 2.70. The lowest BCUT2D eigenvalue weighted by molar-refractivity contribution is 0.0936. The third-order valence-electron chi connectivity index (χ3n) is 3.95. The second-order valence-corrected chi connectivity index (χ2v) is 6.31. The Hall–Kier alpha value is -1.35. The molecule has 0 aromatic heterocycles. The highest BCUT2D eigenvalue weighted by Crippen LogP contribution is 2.36. The van der Waals surface area contributed by atoms with Gasteiger partial charge in [-0.1, -0.05) is 26.0 Å². The highest BCUT2D eigenvalue weighted by atomic mass is 16.1. The van der Waals surface area contributed by atoms with Gasteiger partial charge in [-0.15, -0.1) is 0 Å². The fourth-order valence-corrected chi connectivity index (χ4v) is 2.82. The maximum absolute atomic E-state index is 12.1. The monoisotopic (exact) mass is 260 g/mol. The Labute approximate surface area is 115 Å².